The quantitative estimate of drug-likeness (QED) is 0.613. The van der Waals surface area contributed by atoms with Crippen LogP contribution in [0.15, 0.2) is 34.0 Å². The summed E-state index contributed by atoms with van der Waals surface area (Å²) in [7, 11) is 1.56. The topological polar surface area (TPSA) is 55.0 Å². The van der Waals surface area contributed by atoms with E-state index < -0.39 is 0 Å². The van der Waals surface area contributed by atoms with Crippen molar-refractivity contribution in [2.45, 2.75) is 17.3 Å². The number of H-pyrrole nitrogens is 1. The minimum atomic E-state index is -0.279. The van der Waals surface area contributed by atoms with E-state index in [1.165, 1.54) is 23.9 Å². The van der Waals surface area contributed by atoms with Crippen LogP contribution in [-0.2, 0) is 17.1 Å². The molecule has 1 heterocycles. The lowest BCUT2D eigenvalue weighted by Crippen LogP contribution is -2.18. The fourth-order valence-corrected chi connectivity index (χ4v) is 2.79. The first-order valence-electron chi connectivity index (χ1n) is 5.75. The molecule has 0 bridgehead atoms. The molecule has 1 aromatic heterocycles. The molecule has 0 spiro atoms. The molecule has 1 aromatic carbocycles. The largest absolute Gasteiger partial charge is 0.378 e. The molecule has 4 nitrogen and oxygen atoms in total. The molecular formula is C13H12FIN2O2S. The third-order valence-electron chi connectivity index (χ3n) is 2.43. The SMILES string of the molecule is COCc1nc(CSc2cccc(F)c2)[nH]c(=O)c1I. The molecule has 0 aliphatic heterocycles. The molecule has 106 valence electrons. The third kappa shape index (κ3) is 4.03. The molecular weight excluding hydrogens is 394 g/mol. The van der Waals surface area contributed by atoms with Crippen LogP contribution in [0, 0.1) is 9.39 Å². The first-order valence-corrected chi connectivity index (χ1v) is 7.81. The molecule has 0 fully saturated rings. The number of methoxy groups -OCH3 is 1. The highest BCUT2D eigenvalue weighted by Gasteiger charge is 2.09. The van der Waals surface area contributed by atoms with E-state index in [-0.39, 0.29) is 11.4 Å². The van der Waals surface area contributed by atoms with Gasteiger partial charge in [-0.05, 0) is 40.8 Å². The molecule has 2 rings (SSSR count). The van der Waals surface area contributed by atoms with Gasteiger partial charge in [-0.3, -0.25) is 4.79 Å². The van der Waals surface area contributed by atoms with Crippen molar-refractivity contribution in [1.29, 1.82) is 0 Å². The predicted octanol–water partition coefficient (Wildman–Crippen LogP) is 2.95. The molecule has 2 aromatic rings. The molecule has 20 heavy (non-hydrogen) atoms. The van der Waals surface area contributed by atoms with E-state index >= 15 is 0 Å². The van der Waals surface area contributed by atoms with Gasteiger partial charge < -0.3 is 9.72 Å². The third-order valence-corrected chi connectivity index (χ3v) is 4.55. The van der Waals surface area contributed by atoms with Crippen molar-refractivity contribution in [3.63, 3.8) is 0 Å². The molecule has 1 N–H and O–H groups in total. The van der Waals surface area contributed by atoms with Crippen molar-refractivity contribution in [1.82, 2.24) is 9.97 Å². The van der Waals surface area contributed by atoms with Gasteiger partial charge in [0, 0.05) is 12.0 Å². The Morgan fingerprint density at radius 3 is 3.00 bits per heavy atom. The zero-order valence-corrected chi connectivity index (χ0v) is 13.6. The number of ether oxygens (including phenoxy) is 1. The zero-order valence-electron chi connectivity index (χ0n) is 10.7. The van der Waals surface area contributed by atoms with E-state index in [9.17, 15) is 9.18 Å². The molecule has 0 aliphatic rings. The highest BCUT2D eigenvalue weighted by atomic mass is 127. The second-order valence-electron chi connectivity index (χ2n) is 3.95. The number of nitrogens with one attached hydrogen (secondary N) is 1. The Morgan fingerprint density at radius 2 is 2.30 bits per heavy atom. The Hall–Kier alpha value is -0.930. The first kappa shape index (κ1) is 15.5. The van der Waals surface area contributed by atoms with Gasteiger partial charge in [0.05, 0.1) is 18.1 Å². The number of rotatable bonds is 5. The molecule has 0 unspecified atom stereocenters. The summed E-state index contributed by atoms with van der Waals surface area (Å²) in [4.78, 5) is 19.6. The van der Waals surface area contributed by atoms with Crippen LogP contribution >= 0.6 is 34.4 Å². The molecule has 0 saturated carbocycles. The standard InChI is InChI=1S/C13H12FIN2O2S/c1-19-6-10-12(15)13(18)17-11(16-10)7-20-9-4-2-3-8(14)5-9/h2-5H,6-7H2,1H3,(H,16,17,18). The average Bonchev–Trinajstić information content (AvgIpc) is 2.42. The lowest BCUT2D eigenvalue weighted by Gasteiger charge is -2.06. The number of thioether (sulfide) groups is 1. The van der Waals surface area contributed by atoms with E-state index in [1.54, 1.807) is 13.2 Å². The Balaban J connectivity index is 2.15. The fourth-order valence-electron chi connectivity index (χ4n) is 1.57. The Kier molecular flexibility index (Phi) is 5.55. The van der Waals surface area contributed by atoms with Gasteiger partial charge in [0.2, 0.25) is 0 Å². The summed E-state index contributed by atoms with van der Waals surface area (Å²) in [6.45, 7) is 0.291. The second-order valence-corrected chi connectivity index (χ2v) is 6.08. The fraction of sp³-hybridized carbons (Fsp3) is 0.231. The van der Waals surface area contributed by atoms with Crippen molar-refractivity contribution in [3.8, 4) is 0 Å². The van der Waals surface area contributed by atoms with E-state index in [2.05, 4.69) is 9.97 Å². The molecule has 0 atom stereocenters. The molecule has 0 radical (unpaired) electrons. The highest BCUT2D eigenvalue weighted by Crippen LogP contribution is 2.21. The zero-order chi connectivity index (χ0) is 14.5. The minimum absolute atomic E-state index is 0.178. The van der Waals surface area contributed by atoms with Gasteiger partial charge in [-0.2, -0.15) is 0 Å². The monoisotopic (exact) mass is 406 g/mol. The van der Waals surface area contributed by atoms with Gasteiger partial charge in [0.1, 0.15) is 15.2 Å². The summed E-state index contributed by atoms with van der Waals surface area (Å²) in [5.74, 6) is 0.739. The van der Waals surface area contributed by atoms with E-state index in [1.807, 2.05) is 28.7 Å². The summed E-state index contributed by atoms with van der Waals surface area (Å²) in [5, 5.41) is 0. The van der Waals surface area contributed by atoms with Gasteiger partial charge in [0.25, 0.3) is 5.56 Å². The van der Waals surface area contributed by atoms with Gasteiger partial charge in [-0.25, -0.2) is 9.37 Å². The van der Waals surface area contributed by atoms with Crippen molar-refractivity contribution >= 4 is 34.4 Å². The number of benzene rings is 1. The lowest BCUT2D eigenvalue weighted by atomic mass is 10.4. The second kappa shape index (κ2) is 7.19. The summed E-state index contributed by atoms with van der Waals surface area (Å²) in [6.07, 6.45) is 0. The smallest absolute Gasteiger partial charge is 0.264 e. The molecule has 0 saturated heterocycles. The van der Waals surface area contributed by atoms with E-state index in [0.29, 0.717) is 27.4 Å². The van der Waals surface area contributed by atoms with E-state index in [4.69, 9.17) is 4.74 Å². The molecule has 0 aliphatic carbocycles. The van der Waals surface area contributed by atoms with Crippen LogP contribution in [0.1, 0.15) is 11.5 Å². The first-order chi connectivity index (χ1) is 9.60. The van der Waals surface area contributed by atoms with Gasteiger partial charge in [-0.1, -0.05) is 6.07 Å². The van der Waals surface area contributed by atoms with Crippen LogP contribution in [-0.4, -0.2) is 17.1 Å². The molecule has 0 amide bonds. The maximum Gasteiger partial charge on any atom is 0.264 e. The number of aromatic nitrogens is 2. The normalized spacial score (nSPS) is 10.8. The Bertz CT molecular complexity index is 663. The van der Waals surface area contributed by atoms with Gasteiger partial charge in [-0.15, -0.1) is 11.8 Å². The van der Waals surface area contributed by atoms with Gasteiger partial charge in [0.15, 0.2) is 0 Å². The Labute approximate surface area is 133 Å². The summed E-state index contributed by atoms with van der Waals surface area (Å²) >= 11 is 3.36. The van der Waals surface area contributed by atoms with Crippen LogP contribution in [0.5, 0.6) is 0 Å². The van der Waals surface area contributed by atoms with Crippen molar-refractivity contribution in [2.24, 2.45) is 0 Å². The number of hydrogen-bond acceptors (Lipinski definition) is 4. The van der Waals surface area contributed by atoms with Crippen molar-refractivity contribution in [3.05, 3.63) is 55.5 Å². The van der Waals surface area contributed by atoms with Gasteiger partial charge >= 0.3 is 0 Å². The van der Waals surface area contributed by atoms with Crippen molar-refractivity contribution in [2.75, 3.05) is 7.11 Å². The average molecular weight is 406 g/mol. The van der Waals surface area contributed by atoms with Crippen LogP contribution < -0.4 is 5.56 Å². The summed E-state index contributed by atoms with van der Waals surface area (Å²) < 4.78 is 18.6. The van der Waals surface area contributed by atoms with Crippen LogP contribution in [0.4, 0.5) is 4.39 Å². The maximum atomic E-state index is 13.1. The molecule has 7 heteroatoms. The van der Waals surface area contributed by atoms with Crippen molar-refractivity contribution < 1.29 is 9.13 Å². The van der Waals surface area contributed by atoms with Crippen LogP contribution in [0.25, 0.3) is 0 Å². The van der Waals surface area contributed by atoms with Crippen LogP contribution in [0.2, 0.25) is 0 Å². The lowest BCUT2D eigenvalue weighted by molar-refractivity contribution is 0.180. The minimum Gasteiger partial charge on any atom is -0.378 e. The van der Waals surface area contributed by atoms with Crippen LogP contribution in [0.3, 0.4) is 0 Å². The highest BCUT2D eigenvalue weighted by molar-refractivity contribution is 14.1. The number of nitrogens with zero attached hydrogens (tertiary/aromatic N) is 1. The number of halogens is 2. The predicted molar refractivity (Wildman–Crippen MR) is 84.2 cm³/mol. The maximum absolute atomic E-state index is 13.1. The Morgan fingerprint density at radius 1 is 1.50 bits per heavy atom. The number of aromatic amines is 1. The summed E-state index contributed by atoms with van der Waals surface area (Å²) in [6, 6.07) is 6.31. The van der Waals surface area contributed by atoms with E-state index in [0.717, 1.165) is 4.90 Å². The number of hydrogen-bond donors (Lipinski definition) is 1. The summed E-state index contributed by atoms with van der Waals surface area (Å²) in [5.41, 5.74) is 0.439.